The van der Waals surface area contributed by atoms with Crippen molar-refractivity contribution in [3.05, 3.63) is 0 Å². The van der Waals surface area contributed by atoms with E-state index in [0.717, 1.165) is 0 Å². The normalized spacial score (nSPS) is 3.88. The Morgan fingerprint density at radius 2 is 0.500 bits per heavy atom. The molecule has 0 saturated heterocycles. The molecule has 0 rings (SSSR count). The van der Waals surface area contributed by atoms with Gasteiger partial charge in [-0.05, 0) is 84.9 Å². The minimum Gasteiger partial charge on any atom is -0.0925 e. The first-order chi connectivity index (χ1) is 7.91. The third-order valence-corrected chi connectivity index (χ3v) is 0.938. The molecule has 0 N–H and O–H groups in total. The highest BCUT2D eigenvalue weighted by Crippen LogP contribution is 1.57. The third-order valence-electron chi connectivity index (χ3n) is 0.938. The maximum absolute atomic E-state index is 2.63. The zero-order valence-electron chi connectivity index (χ0n) is 9.00. The van der Waals surface area contributed by atoms with Gasteiger partial charge < -0.3 is 0 Å². The van der Waals surface area contributed by atoms with Crippen molar-refractivity contribution in [1.82, 2.24) is 0 Å². The Kier molecular flexibility index (Phi) is 9.63. The molecule has 16 heavy (non-hydrogen) atoms. The molecule has 0 heterocycles. The quantitative estimate of drug-likeness (QED) is 0.510. The highest BCUT2D eigenvalue weighted by molar-refractivity contribution is 5.45. The van der Waals surface area contributed by atoms with Crippen LogP contribution in [-0.4, -0.2) is 0 Å². The molecule has 0 unspecified atom stereocenters. The van der Waals surface area contributed by atoms with Crippen LogP contribution >= 0.6 is 0 Å². The Morgan fingerprint density at radius 3 is 0.688 bits per heavy atom. The second-order valence-electron chi connectivity index (χ2n) is 2.00. The van der Waals surface area contributed by atoms with Crippen molar-refractivity contribution in [2.24, 2.45) is 0 Å². The third kappa shape index (κ3) is 10.9. The molecule has 0 heteroatoms. The maximum Gasteiger partial charge on any atom is -0.0000000000143 e. The first kappa shape index (κ1) is 12.9. The van der Waals surface area contributed by atoms with E-state index in [9.17, 15) is 0 Å². The van der Waals surface area contributed by atoms with Gasteiger partial charge >= 0.3 is 0 Å². The Bertz CT molecular complexity index is 593. The first-order valence-electron chi connectivity index (χ1n) is 4.25. The van der Waals surface area contributed by atoms with Crippen LogP contribution in [0.3, 0.4) is 0 Å². The van der Waals surface area contributed by atoms with Gasteiger partial charge in [0.1, 0.15) is 0 Å². The fraction of sp³-hybridized carbons (Fsp3) is 0.125. The lowest BCUT2D eigenvalue weighted by molar-refractivity contribution is 1.92. The lowest BCUT2D eigenvalue weighted by atomic mass is 10.5. The lowest BCUT2D eigenvalue weighted by Crippen LogP contribution is -1.55. The zero-order chi connectivity index (χ0) is 11.9. The number of hydrogen-bond donors (Lipinski definition) is 0. The van der Waals surface area contributed by atoms with Crippen molar-refractivity contribution in [1.29, 1.82) is 0 Å². The average Bonchev–Trinajstić information content (AvgIpc) is 2.31. The molecule has 0 aromatic heterocycles. The smallest absolute Gasteiger partial charge is 0.0000000000143 e. The summed E-state index contributed by atoms with van der Waals surface area (Å²) in [5.74, 6) is 35.6. The van der Waals surface area contributed by atoms with Crippen molar-refractivity contribution in [2.45, 2.75) is 13.8 Å². The van der Waals surface area contributed by atoms with Gasteiger partial charge in [-0.1, -0.05) is 11.8 Å². The minimum atomic E-state index is 1.71. The summed E-state index contributed by atoms with van der Waals surface area (Å²) < 4.78 is 0. The topological polar surface area (TPSA) is 0 Å². The summed E-state index contributed by atoms with van der Waals surface area (Å²) in [7, 11) is 0. The summed E-state index contributed by atoms with van der Waals surface area (Å²) in [6.45, 7) is 3.42. The Balaban J connectivity index is 4.23. The van der Waals surface area contributed by atoms with E-state index in [1.54, 1.807) is 13.8 Å². The van der Waals surface area contributed by atoms with Crippen LogP contribution in [0.2, 0.25) is 0 Å². The van der Waals surface area contributed by atoms with E-state index >= 15 is 0 Å². The maximum atomic E-state index is 2.63. The Hall–Kier alpha value is -3.08. The molecule has 0 amide bonds. The van der Waals surface area contributed by atoms with Gasteiger partial charge in [-0.25, -0.2) is 0 Å². The zero-order valence-corrected chi connectivity index (χ0v) is 9.00. The van der Waals surface area contributed by atoms with Crippen LogP contribution in [0, 0.1) is 82.9 Å². The van der Waals surface area contributed by atoms with Crippen LogP contribution in [-0.2, 0) is 0 Å². The number of hydrogen-bond acceptors (Lipinski definition) is 0. The molecule has 0 spiro atoms. The minimum absolute atomic E-state index is 1.71. The summed E-state index contributed by atoms with van der Waals surface area (Å²) >= 11 is 0. The van der Waals surface area contributed by atoms with Crippen molar-refractivity contribution in [2.75, 3.05) is 0 Å². The molecular formula is C16H6. The molecule has 0 radical (unpaired) electrons. The standard InChI is InChI=1S/C16H6/c1-3-5-7-9-11-13-15-16-14-12-10-8-6-4-2/h1-2H3. The highest BCUT2D eigenvalue weighted by Gasteiger charge is 1.56. The van der Waals surface area contributed by atoms with Crippen LogP contribution in [0.4, 0.5) is 0 Å². The van der Waals surface area contributed by atoms with E-state index in [-0.39, 0.29) is 0 Å². The first-order valence-corrected chi connectivity index (χ1v) is 4.25. The fourth-order valence-corrected chi connectivity index (χ4v) is 0.438. The van der Waals surface area contributed by atoms with Crippen LogP contribution in [0.1, 0.15) is 13.8 Å². The van der Waals surface area contributed by atoms with Gasteiger partial charge in [0.25, 0.3) is 0 Å². The molecule has 0 aliphatic heterocycles. The van der Waals surface area contributed by atoms with Gasteiger partial charge in [0, 0.05) is 0 Å². The lowest BCUT2D eigenvalue weighted by Gasteiger charge is -1.56. The van der Waals surface area contributed by atoms with E-state index in [0.29, 0.717) is 0 Å². The van der Waals surface area contributed by atoms with Gasteiger partial charge in [-0.2, -0.15) is 0 Å². The number of rotatable bonds is 0. The molecule has 0 fully saturated rings. The van der Waals surface area contributed by atoms with Gasteiger partial charge in [0.2, 0.25) is 0 Å². The SMILES string of the molecule is CC#CC#CC#CC#CC#CC#CC#CC. The van der Waals surface area contributed by atoms with Crippen LogP contribution in [0.5, 0.6) is 0 Å². The molecule has 0 aliphatic rings. The summed E-state index contributed by atoms with van der Waals surface area (Å²) in [6, 6.07) is 0. The predicted molar refractivity (Wildman–Crippen MR) is 65.8 cm³/mol. The van der Waals surface area contributed by atoms with Gasteiger partial charge in [0.05, 0.1) is 0 Å². The van der Waals surface area contributed by atoms with Crippen LogP contribution in [0.15, 0.2) is 0 Å². The van der Waals surface area contributed by atoms with Crippen molar-refractivity contribution >= 4 is 0 Å². The van der Waals surface area contributed by atoms with E-state index in [4.69, 9.17) is 0 Å². The molecule has 0 atom stereocenters. The molecule has 0 aromatic rings. The molecule has 0 saturated carbocycles. The van der Waals surface area contributed by atoms with E-state index in [2.05, 4.69) is 82.9 Å². The predicted octanol–water partition coefficient (Wildman–Crippen LogP) is 1.05. The summed E-state index contributed by atoms with van der Waals surface area (Å²) in [6.07, 6.45) is 0. The summed E-state index contributed by atoms with van der Waals surface area (Å²) in [5, 5.41) is 0. The molecule has 0 aliphatic carbocycles. The molecular weight excluding hydrogens is 192 g/mol. The largest absolute Gasteiger partial charge is 0.0925 e. The van der Waals surface area contributed by atoms with Gasteiger partial charge in [-0.3, -0.25) is 0 Å². The second kappa shape index (κ2) is 11.9. The van der Waals surface area contributed by atoms with Crippen LogP contribution in [0.25, 0.3) is 0 Å². The van der Waals surface area contributed by atoms with E-state index < -0.39 is 0 Å². The summed E-state index contributed by atoms with van der Waals surface area (Å²) in [5.41, 5.74) is 0. The van der Waals surface area contributed by atoms with Crippen molar-refractivity contribution in [3.8, 4) is 82.9 Å². The van der Waals surface area contributed by atoms with Crippen LogP contribution < -0.4 is 0 Å². The summed E-state index contributed by atoms with van der Waals surface area (Å²) in [4.78, 5) is 0. The van der Waals surface area contributed by atoms with Gasteiger partial charge in [-0.15, -0.1) is 0 Å². The molecule has 0 bridgehead atoms. The van der Waals surface area contributed by atoms with E-state index in [1.807, 2.05) is 0 Å². The van der Waals surface area contributed by atoms with Crippen molar-refractivity contribution < 1.29 is 0 Å². The average molecular weight is 198 g/mol. The Morgan fingerprint density at radius 1 is 0.312 bits per heavy atom. The van der Waals surface area contributed by atoms with Gasteiger partial charge in [0.15, 0.2) is 0 Å². The highest BCUT2D eigenvalue weighted by atomic mass is 13.6. The van der Waals surface area contributed by atoms with Crippen molar-refractivity contribution in [3.63, 3.8) is 0 Å². The van der Waals surface area contributed by atoms with E-state index in [1.165, 1.54) is 0 Å². The monoisotopic (exact) mass is 198 g/mol. The molecule has 0 nitrogen and oxygen atoms in total. The molecule has 70 valence electrons. The fourth-order valence-electron chi connectivity index (χ4n) is 0.438. The molecule has 0 aromatic carbocycles. The Labute approximate surface area is 97.2 Å². The second-order valence-corrected chi connectivity index (χ2v) is 2.00.